The lowest BCUT2D eigenvalue weighted by Crippen LogP contribution is -2.30. The van der Waals surface area contributed by atoms with E-state index in [1.54, 1.807) is 18.5 Å². The standard InChI is InChI=1S/C22H21FN2O/c1-16(19-8-5-9-20(23)15-19)14-21(26)25-22(17-6-3-2-4-7-17)18-10-12-24-13-11-18/h2-13,15-16,22H,14H2,1H3,(H,25,26). The maximum Gasteiger partial charge on any atom is 0.221 e. The highest BCUT2D eigenvalue weighted by Gasteiger charge is 2.19. The van der Waals surface area contributed by atoms with Gasteiger partial charge in [-0.1, -0.05) is 49.4 Å². The van der Waals surface area contributed by atoms with E-state index in [-0.39, 0.29) is 30.1 Å². The molecule has 2 aromatic carbocycles. The molecule has 1 amide bonds. The molecule has 3 aromatic rings. The Morgan fingerprint density at radius 1 is 0.962 bits per heavy atom. The van der Waals surface area contributed by atoms with Crippen LogP contribution in [0.15, 0.2) is 79.1 Å². The molecular formula is C22H21FN2O. The van der Waals surface area contributed by atoms with Crippen LogP contribution in [0.25, 0.3) is 0 Å². The molecule has 0 bridgehead atoms. The highest BCUT2D eigenvalue weighted by atomic mass is 19.1. The van der Waals surface area contributed by atoms with Crippen LogP contribution in [0.2, 0.25) is 0 Å². The molecule has 132 valence electrons. The Bertz CT molecular complexity index is 813. The number of pyridine rings is 1. The number of carbonyl (C=O) groups is 1. The van der Waals surface area contributed by atoms with Crippen LogP contribution in [0.4, 0.5) is 4.39 Å². The molecule has 3 nitrogen and oxygen atoms in total. The van der Waals surface area contributed by atoms with E-state index in [0.29, 0.717) is 0 Å². The highest BCUT2D eigenvalue weighted by molar-refractivity contribution is 5.78. The molecule has 3 rings (SSSR count). The normalized spacial score (nSPS) is 13.0. The average Bonchev–Trinajstić information content (AvgIpc) is 2.67. The lowest BCUT2D eigenvalue weighted by molar-refractivity contribution is -0.121. The maximum atomic E-state index is 13.4. The zero-order valence-electron chi connectivity index (χ0n) is 14.6. The van der Waals surface area contributed by atoms with Gasteiger partial charge in [0.05, 0.1) is 6.04 Å². The van der Waals surface area contributed by atoms with E-state index >= 15 is 0 Å². The topological polar surface area (TPSA) is 42.0 Å². The van der Waals surface area contributed by atoms with Crippen LogP contribution in [0.5, 0.6) is 0 Å². The van der Waals surface area contributed by atoms with Crippen molar-refractivity contribution in [2.75, 3.05) is 0 Å². The summed E-state index contributed by atoms with van der Waals surface area (Å²) in [4.78, 5) is 16.7. The third-order valence-corrected chi connectivity index (χ3v) is 4.39. The summed E-state index contributed by atoms with van der Waals surface area (Å²) in [6.07, 6.45) is 3.72. The van der Waals surface area contributed by atoms with Crippen molar-refractivity contribution < 1.29 is 9.18 Å². The fraction of sp³-hybridized carbons (Fsp3) is 0.182. The van der Waals surface area contributed by atoms with Gasteiger partial charge in [-0.3, -0.25) is 9.78 Å². The van der Waals surface area contributed by atoms with E-state index in [0.717, 1.165) is 16.7 Å². The summed E-state index contributed by atoms with van der Waals surface area (Å²) >= 11 is 0. The molecule has 2 atom stereocenters. The van der Waals surface area contributed by atoms with Gasteiger partial charge in [-0.15, -0.1) is 0 Å². The Morgan fingerprint density at radius 3 is 2.31 bits per heavy atom. The number of nitrogens with one attached hydrogen (secondary N) is 1. The van der Waals surface area contributed by atoms with Crippen LogP contribution in [-0.4, -0.2) is 10.9 Å². The molecule has 1 N–H and O–H groups in total. The van der Waals surface area contributed by atoms with Crippen molar-refractivity contribution in [2.24, 2.45) is 0 Å². The Balaban J connectivity index is 1.75. The van der Waals surface area contributed by atoms with Gasteiger partial charge in [0.2, 0.25) is 5.91 Å². The molecule has 0 radical (unpaired) electrons. The molecule has 26 heavy (non-hydrogen) atoms. The smallest absolute Gasteiger partial charge is 0.221 e. The second kappa shape index (κ2) is 8.39. The van der Waals surface area contributed by atoms with E-state index in [9.17, 15) is 9.18 Å². The highest BCUT2D eigenvalue weighted by Crippen LogP contribution is 2.24. The summed E-state index contributed by atoms with van der Waals surface area (Å²) in [5.74, 6) is -0.430. The van der Waals surface area contributed by atoms with Crippen molar-refractivity contribution >= 4 is 5.91 Å². The maximum absolute atomic E-state index is 13.4. The summed E-state index contributed by atoms with van der Waals surface area (Å²) < 4.78 is 13.4. The number of hydrogen-bond acceptors (Lipinski definition) is 2. The first kappa shape index (κ1) is 17.8. The summed E-state index contributed by atoms with van der Waals surface area (Å²) in [5, 5.41) is 3.10. The number of benzene rings is 2. The monoisotopic (exact) mass is 348 g/mol. The number of halogens is 1. The summed E-state index contributed by atoms with van der Waals surface area (Å²) in [7, 11) is 0. The quantitative estimate of drug-likeness (QED) is 0.706. The van der Waals surface area contributed by atoms with Gasteiger partial charge < -0.3 is 5.32 Å². The third kappa shape index (κ3) is 4.54. The fourth-order valence-electron chi connectivity index (χ4n) is 2.99. The Kier molecular flexibility index (Phi) is 5.74. The average molecular weight is 348 g/mol. The van der Waals surface area contributed by atoms with Gasteiger partial charge in [-0.2, -0.15) is 0 Å². The molecule has 1 heterocycles. The van der Waals surface area contributed by atoms with E-state index in [4.69, 9.17) is 0 Å². The van der Waals surface area contributed by atoms with Crippen molar-refractivity contribution in [3.05, 3.63) is 102 Å². The zero-order chi connectivity index (χ0) is 18.4. The number of aromatic nitrogens is 1. The van der Waals surface area contributed by atoms with Crippen molar-refractivity contribution in [1.82, 2.24) is 10.3 Å². The van der Waals surface area contributed by atoms with Gasteiger partial charge >= 0.3 is 0 Å². The first-order chi connectivity index (χ1) is 12.6. The first-order valence-corrected chi connectivity index (χ1v) is 8.63. The minimum Gasteiger partial charge on any atom is -0.345 e. The molecule has 0 fully saturated rings. The number of rotatable bonds is 6. The molecule has 0 aliphatic carbocycles. The van der Waals surface area contributed by atoms with Crippen LogP contribution in [0.1, 0.15) is 42.0 Å². The number of nitrogens with zero attached hydrogens (tertiary/aromatic N) is 1. The molecule has 0 saturated carbocycles. The Labute approximate surface area is 152 Å². The summed E-state index contributed by atoms with van der Waals surface area (Å²) in [5.41, 5.74) is 2.80. The van der Waals surface area contributed by atoms with Crippen LogP contribution >= 0.6 is 0 Å². The molecule has 4 heteroatoms. The number of carbonyl (C=O) groups excluding carboxylic acids is 1. The first-order valence-electron chi connectivity index (χ1n) is 8.63. The van der Waals surface area contributed by atoms with Crippen molar-refractivity contribution in [1.29, 1.82) is 0 Å². The summed E-state index contributed by atoms with van der Waals surface area (Å²) in [6.45, 7) is 1.93. The molecule has 0 saturated heterocycles. The lowest BCUT2D eigenvalue weighted by Gasteiger charge is -2.21. The Hall–Kier alpha value is -3.01. The molecule has 0 aliphatic heterocycles. The van der Waals surface area contributed by atoms with Crippen LogP contribution < -0.4 is 5.32 Å². The van der Waals surface area contributed by atoms with Gasteiger partial charge in [-0.05, 0) is 46.9 Å². The molecule has 2 unspecified atom stereocenters. The second-order valence-corrected chi connectivity index (χ2v) is 6.35. The van der Waals surface area contributed by atoms with E-state index in [2.05, 4.69) is 10.3 Å². The molecule has 0 aliphatic rings. The zero-order valence-corrected chi connectivity index (χ0v) is 14.6. The molecular weight excluding hydrogens is 327 g/mol. The lowest BCUT2D eigenvalue weighted by atomic mass is 9.96. The van der Waals surface area contributed by atoms with Crippen LogP contribution in [0.3, 0.4) is 0 Å². The fourth-order valence-corrected chi connectivity index (χ4v) is 2.99. The Morgan fingerprint density at radius 2 is 1.62 bits per heavy atom. The van der Waals surface area contributed by atoms with Crippen LogP contribution in [-0.2, 0) is 4.79 Å². The van der Waals surface area contributed by atoms with Gasteiger partial charge in [-0.25, -0.2) is 4.39 Å². The second-order valence-electron chi connectivity index (χ2n) is 6.35. The van der Waals surface area contributed by atoms with E-state index < -0.39 is 0 Å². The molecule has 0 spiro atoms. The van der Waals surface area contributed by atoms with Gasteiger partial charge in [0.15, 0.2) is 0 Å². The van der Waals surface area contributed by atoms with Crippen LogP contribution in [0, 0.1) is 5.82 Å². The molecule has 1 aromatic heterocycles. The van der Waals surface area contributed by atoms with Gasteiger partial charge in [0.1, 0.15) is 5.82 Å². The minimum atomic E-state index is -0.284. The summed E-state index contributed by atoms with van der Waals surface area (Å²) in [6, 6.07) is 19.8. The van der Waals surface area contributed by atoms with Gasteiger partial charge in [0, 0.05) is 18.8 Å². The van der Waals surface area contributed by atoms with E-state index in [1.165, 1.54) is 12.1 Å². The third-order valence-electron chi connectivity index (χ3n) is 4.39. The van der Waals surface area contributed by atoms with Gasteiger partial charge in [0.25, 0.3) is 0 Å². The minimum absolute atomic E-state index is 0.0698. The van der Waals surface area contributed by atoms with Crippen molar-refractivity contribution in [3.8, 4) is 0 Å². The predicted octanol–water partition coefficient (Wildman–Crippen LogP) is 4.62. The SMILES string of the molecule is CC(CC(=O)NC(c1ccccc1)c1ccncc1)c1cccc(F)c1. The number of amides is 1. The largest absolute Gasteiger partial charge is 0.345 e. The predicted molar refractivity (Wildman–Crippen MR) is 100 cm³/mol. The van der Waals surface area contributed by atoms with Crippen molar-refractivity contribution in [2.45, 2.75) is 25.3 Å². The van der Waals surface area contributed by atoms with E-state index in [1.807, 2.05) is 55.5 Å². The number of hydrogen-bond donors (Lipinski definition) is 1. The van der Waals surface area contributed by atoms with Crippen molar-refractivity contribution in [3.63, 3.8) is 0 Å².